The number of hydrogen-bond donors (Lipinski definition) is 1. The van der Waals surface area contributed by atoms with E-state index in [1.54, 1.807) is 4.90 Å². The van der Waals surface area contributed by atoms with E-state index in [0.717, 1.165) is 15.6 Å². The van der Waals surface area contributed by atoms with Crippen molar-refractivity contribution in [3.63, 3.8) is 0 Å². The fourth-order valence-corrected chi connectivity index (χ4v) is 4.24. The number of alkyl halides is 1. The number of cyclic esters (lactones) is 1. The molecule has 25 heavy (non-hydrogen) atoms. The van der Waals surface area contributed by atoms with E-state index in [0.29, 0.717) is 0 Å². The third-order valence-electron chi connectivity index (χ3n) is 4.74. The van der Waals surface area contributed by atoms with Crippen LogP contribution in [0.25, 0.3) is 0 Å². The molecule has 5 nitrogen and oxygen atoms in total. The minimum absolute atomic E-state index is 0.0404. The maximum atomic E-state index is 12.7. The topological polar surface area (TPSA) is 58.6 Å². The van der Waals surface area contributed by atoms with Crippen molar-refractivity contribution in [1.82, 2.24) is 10.2 Å². The summed E-state index contributed by atoms with van der Waals surface area (Å²) < 4.78 is 6.48. The Labute approximate surface area is 159 Å². The summed E-state index contributed by atoms with van der Waals surface area (Å²) in [6.45, 7) is 0. The highest BCUT2D eigenvalue weighted by Gasteiger charge is 2.54. The summed E-state index contributed by atoms with van der Waals surface area (Å²) in [6.07, 6.45) is -0.864. The Balaban J connectivity index is 1.77. The van der Waals surface area contributed by atoms with Gasteiger partial charge in [-0.15, -0.1) is 0 Å². The molecular formula is C19H17IN2O3. The highest BCUT2D eigenvalue weighted by atomic mass is 127. The summed E-state index contributed by atoms with van der Waals surface area (Å²) in [5.74, 6) is -0.117. The van der Waals surface area contributed by atoms with Gasteiger partial charge in [0.25, 0.3) is 0 Å². The third kappa shape index (κ3) is 2.78. The molecule has 2 fully saturated rings. The van der Waals surface area contributed by atoms with E-state index >= 15 is 0 Å². The van der Waals surface area contributed by atoms with Crippen molar-refractivity contribution in [2.24, 2.45) is 0 Å². The van der Waals surface area contributed by atoms with Crippen LogP contribution < -0.4 is 5.32 Å². The lowest BCUT2D eigenvalue weighted by Gasteiger charge is -2.42. The first-order valence-electron chi connectivity index (χ1n) is 8.16. The van der Waals surface area contributed by atoms with Crippen molar-refractivity contribution in [1.29, 1.82) is 0 Å². The van der Waals surface area contributed by atoms with Gasteiger partial charge in [0.05, 0.1) is 6.04 Å². The number of rotatable bonds is 4. The summed E-state index contributed by atoms with van der Waals surface area (Å²) in [7, 11) is 0. The number of benzene rings is 2. The molecule has 128 valence electrons. The number of nitrogens with one attached hydrogen (secondary N) is 1. The number of hydrogen-bond acceptors (Lipinski definition) is 3. The second-order valence-electron chi connectivity index (χ2n) is 6.19. The van der Waals surface area contributed by atoms with E-state index in [-0.39, 0.29) is 18.0 Å². The molecule has 0 bridgehead atoms. The Hall–Kier alpha value is -2.09. The lowest BCUT2D eigenvalue weighted by molar-refractivity contribution is -0.135. The van der Waals surface area contributed by atoms with Gasteiger partial charge in [-0.1, -0.05) is 83.3 Å². The van der Waals surface area contributed by atoms with Crippen molar-refractivity contribution < 1.29 is 14.3 Å². The van der Waals surface area contributed by atoms with Crippen LogP contribution in [0.5, 0.6) is 0 Å². The van der Waals surface area contributed by atoms with Gasteiger partial charge in [-0.05, 0) is 11.1 Å². The van der Waals surface area contributed by atoms with Crippen molar-refractivity contribution in [3.8, 4) is 0 Å². The van der Waals surface area contributed by atoms with Crippen LogP contribution in [0.3, 0.4) is 0 Å². The predicted octanol–water partition coefficient (Wildman–Crippen LogP) is 3.22. The van der Waals surface area contributed by atoms with Crippen LogP contribution in [-0.2, 0) is 9.53 Å². The average molecular weight is 448 g/mol. The highest BCUT2D eigenvalue weighted by molar-refractivity contribution is 14.1. The first kappa shape index (κ1) is 16.4. The van der Waals surface area contributed by atoms with Crippen molar-refractivity contribution in [3.05, 3.63) is 71.8 Å². The van der Waals surface area contributed by atoms with E-state index < -0.39 is 18.2 Å². The molecule has 2 aromatic rings. The molecule has 2 aromatic carbocycles. The quantitative estimate of drug-likeness (QED) is 0.444. The fraction of sp³-hybridized carbons (Fsp3) is 0.263. The second kappa shape index (κ2) is 6.67. The molecule has 2 heterocycles. The van der Waals surface area contributed by atoms with E-state index in [9.17, 15) is 9.59 Å². The molecule has 0 radical (unpaired) electrons. The van der Waals surface area contributed by atoms with E-state index in [1.165, 1.54) is 0 Å². The number of carbonyl (C=O) groups is 2. The van der Waals surface area contributed by atoms with Crippen molar-refractivity contribution in [2.45, 2.75) is 24.2 Å². The Morgan fingerprint density at radius 3 is 2.08 bits per heavy atom. The molecule has 0 saturated carbocycles. The predicted molar refractivity (Wildman–Crippen MR) is 101 cm³/mol. The summed E-state index contributed by atoms with van der Waals surface area (Å²) in [4.78, 5) is 26.5. The molecular weight excluding hydrogens is 431 g/mol. The van der Waals surface area contributed by atoms with Crippen LogP contribution in [0.4, 0.5) is 4.79 Å². The molecule has 0 spiro atoms. The molecule has 4 rings (SSSR count). The molecule has 6 heteroatoms. The Morgan fingerprint density at radius 1 is 0.920 bits per heavy atom. The maximum Gasteiger partial charge on any atom is 0.411 e. The molecule has 4 unspecified atom stereocenters. The van der Waals surface area contributed by atoms with E-state index in [2.05, 4.69) is 27.9 Å². The van der Waals surface area contributed by atoms with Crippen molar-refractivity contribution in [2.75, 3.05) is 4.43 Å². The number of carbonyl (C=O) groups excluding carboxylic acids is 2. The van der Waals surface area contributed by atoms with E-state index in [1.807, 2.05) is 60.7 Å². The van der Waals surface area contributed by atoms with Crippen molar-refractivity contribution >= 4 is 34.6 Å². The normalized spacial score (nSPS) is 28.3. The van der Waals surface area contributed by atoms with Crippen LogP contribution in [0.1, 0.15) is 23.3 Å². The zero-order chi connectivity index (χ0) is 17.4. The minimum atomic E-state index is -0.483. The molecule has 2 aliphatic heterocycles. The standard InChI is InChI=1S/C19H17IN2O3/c20-11-14-16(18(23)21-14)22-15(12-7-3-1-4-8-12)17(25-19(22)24)13-9-5-2-6-10-13/h1-10,14-17H,11H2,(H,21,23). The number of β-lactam (4-membered cyclic amide) rings is 1. The SMILES string of the molecule is O=C1NC(CI)C1N1C(=O)OC(c2ccccc2)C1c1ccccc1. The van der Waals surface area contributed by atoms with Gasteiger partial charge in [-0.2, -0.15) is 0 Å². The lowest BCUT2D eigenvalue weighted by Crippen LogP contribution is -2.70. The van der Waals surface area contributed by atoms with Crippen LogP contribution in [0.2, 0.25) is 0 Å². The molecule has 0 aromatic heterocycles. The van der Waals surface area contributed by atoms with Gasteiger partial charge >= 0.3 is 6.09 Å². The van der Waals surface area contributed by atoms with Crippen LogP contribution in [0.15, 0.2) is 60.7 Å². The van der Waals surface area contributed by atoms with Gasteiger partial charge in [0, 0.05) is 4.43 Å². The monoisotopic (exact) mass is 448 g/mol. The summed E-state index contributed by atoms with van der Waals surface area (Å²) >= 11 is 2.23. The van der Waals surface area contributed by atoms with E-state index in [4.69, 9.17) is 4.74 Å². The second-order valence-corrected chi connectivity index (χ2v) is 7.07. The molecule has 2 aliphatic rings. The Morgan fingerprint density at radius 2 is 1.52 bits per heavy atom. The molecule has 2 saturated heterocycles. The Kier molecular flexibility index (Phi) is 4.37. The smallest absolute Gasteiger partial charge is 0.411 e. The van der Waals surface area contributed by atoms with Gasteiger partial charge in [0.2, 0.25) is 5.91 Å². The third-order valence-corrected chi connectivity index (χ3v) is 5.69. The molecule has 2 amide bonds. The maximum absolute atomic E-state index is 12.7. The summed E-state index contributed by atoms with van der Waals surface area (Å²) in [5.41, 5.74) is 1.90. The molecule has 4 atom stereocenters. The molecule has 1 N–H and O–H groups in total. The fourth-order valence-electron chi connectivity index (χ4n) is 3.54. The number of amides is 2. The Bertz CT molecular complexity index is 784. The van der Waals surface area contributed by atoms with Gasteiger partial charge in [-0.25, -0.2) is 4.79 Å². The minimum Gasteiger partial charge on any atom is -0.439 e. The van der Waals surface area contributed by atoms with Crippen LogP contribution in [-0.4, -0.2) is 33.4 Å². The summed E-state index contributed by atoms with van der Waals surface area (Å²) in [6, 6.07) is 18.6. The van der Waals surface area contributed by atoms with Gasteiger partial charge < -0.3 is 10.1 Å². The zero-order valence-electron chi connectivity index (χ0n) is 13.3. The average Bonchev–Trinajstić information content (AvgIpc) is 2.98. The van der Waals surface area contributed by atoms with Crippen LogP contribution >= 0.6 is 22.6 Å². The number of ether oxygens (including phenoxy) is 1. The number of halogens is 1. The summed E-state index contributed by atoms with van der Waals surface area (Å²) in [5, 5.41) is 2.87. The van der Waals surface area contributed by atoms with Crippen LogP contribution in [0, 0.1) is 0 Å². The first-order valence-corrected chi connectivity index (χ1v) is 9.68. The molecule has 0 aliphatic carbocycles. The van der Waals surface area contributed by atoms with Gasteiger partial charge in [0.15, 0.2) is 6.10 Å². The van der Waals surface area contributed by atoms with Gasteiger partial charge in [0.1, 0.15) is 12.1 Å². The largest absolute Gasteiger partial charge is 0.439 e. The number of nitrogens with zero attached hydrogens (tertiary/aromatic N) is 1. The lowest BCUT2D eigenvalue weighted by atomic mass is 9.91. The first-order chi connectivity index (χ1) is 12.2. The zero-order valence-corrected chi connectivity index (χ0v) is 15.5. The highest BCUT2D eigenvalue weighted by Crippen LogP contribution is 2.45. The van der Waals surface area contributed by atoms with Gasteiger partial charge in [-0.3, -0.25) is 9.69 Å².